The third-order valence-electron chi connectivity index (χ3n) is 11.4. The zero-order chi connectivity index (χ0) is 38.4. The predicted octanol–water partition coefficient (Wildman–Crippen LogP) is 16.0. The first-order valence-corrected chi connectivity index (χ1v) is 19.8. The second kappa shape index (κ2) is 14.1. The number of furan rings is 1. The minimum absolute atomic E-state index is 0.890. The van der Waals surface area contributed by atoms with Gasteiger partial charge in [0.1, 0.15) is 11.2 Å². The van der Waals surface area contributed by atoms with Crippen molar-refractivity contribution in [3.8, 4) is 44.5 Å². The zero-order valence-electron chi connectivity index (χ0n) is 31.7. The van der Waals surface area contributed by atoms with Crippen LogP contribution in [0.15, 0.2) is 229 Å². The summed E-state index contributed by atoms with van der Waals surface area (Å²) in [4.78, 5) is 2.37. The molecule has 0 bridgehead atoms. The summed E-state index contributed by atoms with van der Waals surface area (Å²) in [6.45, 7) is 0. The van der Waals surface area contributed by atoms with E-state index in [0.29, 0.717) is 0 Å². The summed E-state index contributed by atoms with van der Waals surface area (Å²) in [5, 5.41) is 7.03. The van der Waals surface area contributed by atoms with Crippen LogP contribution in [0.3, 0.4) is 0 Å². The van der Waals surface area contributed by atoms with Crippen molar-refractivity contribution in [3.05, 3.63) is 224 Å². The third-order valence-corrected chi connectivity index (χ3v) is 11.4. The van der Waals surface area contributed by atoms with Crippen LogP contribution in [0.5, 0.6) is 0 Å². The van der Waals surface area contributed by atoms with Gasteiger partial charge in [0.05, 0.1) is 0 Å². The first-order chi connectivity index (χ1) is 28.7. The maximum Gasteiger partial charge on any atom is 0.143 e. The molecule has 58 heavy (non-hydrogen) atoms. The molecule has 0 atom stereocenters. The van der Waals surface area contributed by atoms with E-state index >= 15 is 0 Å². The number of fused-ring (bicyclic) bond motifs is 6. The van der Waals surface area contributed by atoms with Crippen LogP contribution >= 0.6 is 0 Å². The fourth-order valence-corrected chi connectivity index (χ4v) is 8.56. The standard InChI is InChI=1S/C56H37NO/c1-2-12-38(13-3-1)43-17-8-18-44(34-43)40-28-31-48(32-29-40)57(49-21-9-19-45(36-49)46-27-26-39-14-4-5-16-42(39)35-46)50-22-10-20-47(37-50)51-24-11-25-54-55(51)53-33-30-41-15-6-7-23-52(41)56(53)58-54/h1-37H. The van der Waals surface area contributed by atoms with E-state index in [1.165, 1.54) is 49.5 Å². The molecule has 0 aliphatic heterocycles. The maximum absolute atomic E-state index is 6.60. The van der Waals surface area contributed by atoms with Crippen molar-refractivity contribution in [2.45, 2.75) is 0 Å². The summed E-state index contributed by atoms with van der Waals surface area (Å²) in [6, 6.07) is 80.7. The lowest BCUT2D eigenvalue weighted by Crippen LogP contribution is -2.10. The molecule has 10 aromatic carbocycles. The van der Waals surface area contributed by atoms with Crippen molar-refractivity contribution in [2.24, 2.45) is 0 Å². The number of hydrogen-bond acceptors (Lipinski definition) is 2. The monoisotopic (exact) mass is 739 g/mol. The number of anilines is 3. The first kappa shape index (κ1) is 33.6. The Balaban J connectivity index is 1.04. The van der Waals surface area contributed by atoms with Crippen LogP contribution in [0.1, 0.15) is 0 Å². The van der Waals surface area contributed by atoms with E-state index in [1.54, 1.807) is 0 Å². The Labute approximate surface area is 337 Å². The van der Waals surface area contributed by atoms with Gasteiger partial charge in [0.15, 0.2) is 0 Å². The topological polar surface area (TPSA) is 16.4 Å². The average molecular weight is 740 g/mol. The summed E-state index contributed by atoms with van der Waals surface area (Å²) in [5.74, 6) is 0. The van der Waals surface area contributed by atoms with E-state index in [2.05, 4.69) is 229 Å². The molecular weight excluding hydrogens is 703 g/mol. The van der Waals surface area contributed by atoms with Crippen LogP contribution in [0.25, 0.3) is 88.0 Å². The molecule has 11 rings (SSSR count). The summed E-state index contributed by atoms with van der Waals surface area (Å²) in [6.07, 6.45) is 0. The van der Waals surface area contributed by atoms with Gasteiger partial charge in [-0.1, -0.05) is 164 Å². The smallest absolute Gasteiger partial charge is 0.143 e. The molecule has 0 aliphatic rings. The highest BCUT2D eigenvalue weighted by Gasteiger charge is 2.18. The summed E-state index contributed by atoms with van der Waals surface area (Å²) in [5.41, 5.74) is 14.5. The van der Waals surface area contributed by atoms with Gasteiger partial charge in [-0.2, -0.15) is 0 Å². The van der Waals surface area contributed by atoms with Gasteiger partial charge in [0, 0.05) is 33.2 Å². The molecule has 11 aromatic rings. The van der Waals surface area contributed by atoms with Gasteiger partial charge in [0.2, 0.25) is 0 Å². The van der Waals surface area contributed by atoms with Crippen LogP contribution in [-0.2, 0) is 0 Å². The van der Waals surface area contributed by atoms with Gasteiger partial charge < -0.3 is 9.32 Å². The normalized spacial score (nSPS) is 11.4. The van der Waals surface area contributed by atoms with E-state index in [9.17, 15) is 0 Å². The van der Waals surface area contributed by atoms with Gasteiger partial charge in [-0.3, -0.25) is 0 Å². The quantitative estimate of drug-likeness (QED) is 0.162. The number of rotatable bonds is 7. The van der Waals surface area contributed by atoms with Gasteiger partial charge in [0.25, 0.3) is 0 Å². The Kier molecular flexibility index (Phi) is 8.19. The van der Waals surface area contributed by atoms with E-state index in [0.717, 1.165) is 55.5 Å². The maximum atomic E-state index is 6.60. The van der Waals surface area contributed by atoms with Crippen molar-refractivity contribution in [1.82, 2.24) is 0 Å². The van der Waals surface area contributed by atoms with Gasteiger partial charge >= 0.3 is 0 Å². The summed E-state index contributed by atoms with van der Waals surface area (Å²) in [7, 11) is 0. The van der Waals surface area contributed by atoms with Gasteiger partial charge in [-0.25, -0.2) is 0 Å². The Bertz CT molecular complexity index is 3290. The third kappa shape index (κ3) is 6.00. The van der Waals surface area contributed by atoms with Crippen LogP contribution in [-0.4, -0.2) is 0 Å². The molecule has 0 saturated heterocycles. The number of hydrogen-bond donors (Lipinski definition) is 0. The minimum atomic E-state index is 0.890. The highest BCUT2D eigenvalue weighted by molar-refractivity contribution is 6.19. The van der Waals surface area contributed by atoms with Crippen molar-refractivity contribution in [3.63, 3.8) is 0 Å². The average Bonchev–Trinajstić information content (AvgIpc) is 3.70. The fraction of sp³-hybridized carbons (Fsp3) is 0. The molecule has 2 heteroatoms. The molecule has 1 heterocycles. The Morgan fingerprint density at radius 3 is 1.64 bits per heavy atom. The zero-order valence-corrected chi connectivity index (χ0v) is 31.7. The molecule has 0 saturated carbocycles. The van der Waals surface area contributed by atoms with E-state index < -0.39 is 0 Å². The molecule has 0 aliphatic carbocycles. The van der Waals surface area contributed by atoms with Crippen LogP contribution in [0.2, 0.25) is 0 Å². The molecule has 2 nitrogen and oxygen atoms in total. The molecule has 0 unspecified atom stereocenters. The SMILES string of the molecule is c1ccc(-c2cccc(-c3ccc(N(c4cccc(-c5ccc6ccccc6c5)c4)c4cccc(-c5cccc6oc7c8ccccc8ccc7c56)c4)cc3)c2)cc1. The molecule has 0 N–H and O–H groups in total. The molecule has 272 valence electrons. The lowest BCUT2D eigenvalue weighted by Gasteiger charge is -2.27. The summed E-state index contributed by atoms with van der Waals surface area (Å²) >= 11 is 0. The molecule has 0 fully saturated rings. The van der Waals surface area contributed by atoms with E-state index in [1.807, 2.05) is 0 Å². The van der Waals surface area contributed by atoms with Crippen LogP contribution < -0.4 is 4.90 Å². The number of benzene rings is 10. The van der Waals surface area contributed by atoms with Crippen molar-refractivity contribution < 1.29 is 4.42 Å². The first-order valence-electron chi connectivity index (χ1n) is 19.8. The van der Waals surface area contributed by atoms with Crippen LogP contribution in [0.4, 0.5) is 17.1 Å². The van der Waals surface area contributed by atoms with Gasteiger partial charge in [-0.15, -0.1) is 0 Å². The lowest BCUT2D eigenvalue weighted by atomic mass is 9.97. The highest BCUT2D eigenvalue weighted by atomic mass is 16.3. The second-order valence-corrected chi connectivity index (χ2v) is 14.9. The predicted molar refractivity (Wildman–Crippen MR) is 245 cm³/mol. The molecule has 1 aromatic heterocycles. The molecule has 0 amide bonds. The second-order valence-electron chi connectivity index (χ2n) is 14.9. The minimum Gasteiger partial charge on any atom is -0.455 e. The van der Waals surface area contributed by atoms with Crippen molar-refractivity contribution >= 4 is 60.5 Å². The highest BCUT2D eigenvalue weighted by Crippen LogP contribution is 2.43. The van der Waals surface area contributed by atoms with Gasteiger partial charge in [-0.05, 0) is 121 Å². The van der Waals surface area contributed by atoms with E-state index in [-0.39, 0.29) is 0 Å². The fourth-order valence-electron chi connectivity index (χ4n) is 8.56. The molecule has 0 radical (unpaired) electrons. The largest absolute Gasteiger partial charge is 0.455 e. The van der Waals surface area contributed by atoms with Crippen LogP contribution in [0, 0.1) is 0 Å². The Morgan fingerprint density at radius 2 is 0.845 bits per heavy atom. The Morgan fingerprint density at radius 1 is 0.293 bits per heavy atom. The molecule has 0 spiro atoms. The summed E-state index contributed by atoms with van der Waals surface area (Å²) < 4.78 is 6.60. The number of nitrogens with zero attached hydrogens (tertiary/aromatic N) is 1. The lowest BCUT2D eigenvalue weighted by molar-refractivity contribution is 0.673. The van der Waals surface area contributed by atoms with Crippen molar-refractivity contribution in [1.29, 1.82) is 0 Å². The Hall–Kier alpha value is -7.68. The molecular formula is C56H37NO. The van der Waals surface area contributed by atoms with Crippen molar-refractivity contribution in [2.75, 3.05) is 4.90 Å². The van der Waals surface area contributed by atoms with E-state index in [4.69, 9.17) is 4.42 Å².